The maximum atomic E-state index is 13.3. The highest BCUT2D eigenvalue weighted by molar-refractivity contribution is 6.12. The Hall–Kier alpha value is -3.80. The second-order valence-corrected chi connectivity index (χ2v) is 8.68. The fourth-order valence-corrected chi connectivity index (χ4v) is 4.01. The van der Waals surface area contributed by atoms with Gasteiger partial charge in [0.25, 0.3) is 0 Å². The first-order valence-electron chi connectivity index (χ1n) is 12.3. The summed E-state index contributed by atoms with van der Waals surface area (Å²) in [4.78, 5) is 24.3. The highest BCUT2D eigenvalue weighted by Gasteiger charge is 2.20. The molecule has 0 N–H and O–H groups in total. The normalized spacial score (nSPS) is 14.2. The van der Waals surface area contributed by atoms with Crippen LogP contribution in [-0.2, 0) is 4.79 Å². The van der Waals surface area contributed by atoms with Crippen LogP contribution in [0, 0.1) is 12.7 Å². The molecule has 0 unspecified atom stereocenters. The van der Waals surface area contributed by atoms with Crippen LogP contribution in [0.2, 0.25) is 0 Å². The molecule has 1 amide bonds. The number of carbonyl (C=O) groups is 1. The number of hydrogen-bond donors (Lipinski definition) is 0. The van der Waals surface area contributed by atoms with Crippen molar-refractivity contribution >= 4 is 23.0 Å². The highest BCUT2D eigenvalue weighted by atomic mass is 19.1. The largest absolute Gasteiger partial charge is 0.353 e. The lowest BCUT2D eigenvalue weighted by molar-refractivity contribution is -0.131. The minimum atomic E-state index is -0.172. The van der Waals surface area contributed by atoms with Crippen LogP contribution in [0.1, 0.15) is 37.0 Å². The molecule has 0 radical (unpaired) electrons. The summed E-state index contributed by atoms with van der Waals surface area (Å²) < 4.78 is 13.3. The van der Waals surface area contributed by atoms with E-state index in [1.807, 2.05) is 79.4 Å². The van der Waals surface area contributed by atoms with Crippen molar-refractivity contribution in [3.63, 3.8) is 0 Å². The zero-order valence-electron chi connectivity index (χ0n) is 21.6. The van der Waals surface area contributed by atoms with Gasteiger partial charge in [0, 0.05) is 45.8 Å². The predicted molar refractivity (Wildman–Crippen MR) is 147 cm³/mol. The summed E-state index contributed by atoms with van der Waals surface area (Å²) in [7, 11) is 1.78. The Balaban J connectivity index is 0.000000205. The third-order valence-electron chi connectivity index (χ3n) is 6.19. The fourth-order valence-electron chi connectivity index (χ4n) is 4.01. The lowest BCUT2D eigenvalue weighted by atomic mass is 10.0. The molecule has 1 aliphatic heterocycles. The van der Waals surface area contributed by atoms with E-state index < -0.39 is 0 Å². The monoisotopic (exact) mass is 486 g/mol. The topological polar surface area (TPSA) is 48.8 Å². The van der Waals surface area contributed by atoms with Crippen LogP contribution in [0.25, 0.3) is 5.57 Å². The van der Waals surface area contributed by atoms with Gasteiger partial charge in [-0.25, -0.2) is 9.37 Å². The fraction of sp³-hybridized carbons (Fsp3) is 0.300. The number of allylic oxidation sites excluding steroid dienone is 2. The summed E-state index contributed by atoms with van der Waals surface area (Å²) in [6, 6.07) is 21.1. The smallest absolute Gasteiger partial charge is 0.222 e. The molecule has 36 heavy (non-hydrogen) atoms. The lowest BCUT2D eigenvalue weighted by Crippen LogP contribution is -2.48. The number of nitrogens with zero attached hydrogens (tertiary/aromatic N) is 4. The van der Waals surface area contributed by atoms with Crippen LogP contribution in [0.5, 0.6) is 0 Å². The van der Waals surface area contributed by atoms with E-state index in [2.05, 4.69) is 14.9 Å². The van der Waals surface area contributed by atoms with E-state index in [4.69, 9.17) is 0 Å². The number of hydrogen-bond acceptors (Lipinski definition) is 4. The molecule has 3 aromatic rings. The average molecular weight is 487 g/mol. The number of amides is 1. The number of carbonyl (C=O) groups excluding carboxylic acids is 1. The van der Waals surface area contributed by atoms with Crippen molar-refractivity contribution in [2.45, 2.75) is 27.2 Å². The van der Waals surface area contributed by atoms with E-state index in [1.165, 1.54) is 6.07 Å². The summed E-state index contributed by atoms with van der Waals surface area (Å²) in [5.74, 6) is 1.08. The number of aromatic nitrogens is 1. The standard InChI is InChI=1S/C18H18FN.C12H17N3O/c1-13(16-9-10-17(19)14(2)11-16)12-18(20-3)15-7-5-4-6-8-15;1-2-12(16)15-9-7-14(8-10-15)11-5-3-4-6-13-11/h4-12H,1-3H3;3-6H,2,7-10H2,1H3/b13-12+,20-18?;. The van der Waals surface area contributed by atoms with Crippen molar-refractivity contribution in [3.05, 3.63) is 102 Å². The van der Waals surface area contributed by atoms with Crippen molar-refractivity contribution in [2.24, 2.45) is 4.99 Å². The van der Waals surface area contributed by atoms with Gasteiger partial charge in [0.15, 0.2) is 0 Å². The predicted octanol–water partition coefficient (Wildman–Crippen LogP) is 5.80. The molecular formula is C30H35FN4O. The van der Waals surface area contributed by atoms with Crippen molar-refractivity contribution in [1.82, 2.24) is 9.88 Å². The number of piperazine rings is 1. The van der Waals surface area contributed by atoms with E-state index in [-0.39, 0.29) is 11.7 Å². The molecule has 1 saturated heterocycles. The third-order valence-corrected chi connectivity index (χ3v) is 6.19. The first-order valence-corrected chi connectivity index (χ1v) is 12.3. The van der Waals surface area contributed by atoms with E-state index in [9.17, 15) is 9.18 Å². The van der Waals surface area contributed by atoms with E-state index in [0.29, 0.717) is 12.0 Å². The van der Waals surface area contributed by atoms with E-state index >= 15 is 0 Å². The molecule has 0 saturated carbocycles. The zero-order chi connectivity index (χ0) is 25.9. The Kier molecular flexibility index (Phi) is 9.92. The lowest BCUT2D eigenvalue weighted by Gasteiger charge is -2.35. The SMILES string of the molecule is CCC(=O)N1CCN(c2ccccn2)CC1.CN=C(/C=C(\C)c1ccc(F)c(C)c1)c1ccccc1. The van der Waals surface area contributed by atoms with Crippen molar-refractivity contribution in [1.29, 1.82) is 0 Å². The number of aliphatic imine (C=N–C) groups is 1. The van der Waals surface area contributed by atoms with Crippen LogP contribution < -0.4 is 4.90 Å². The van der Waals surface area contributed by atoms with Crippen LogP contribution in [-0.4, -0.2) is 54.7 Å². The summed E-state index contributed by atoms with van der Waals surface area (Å²) in [5, 5.41) is 0. The Morgan fingerprint density at radius 1 is 1.00 bits per heavy atom. The number of anilines is 1. The molecule has 1 aliphatic rings. The molecule has 0 aliphatic carbocycles. The van der Waals surface area contributed by atoms with Crippen LogP contribution >= 0.6 is 0 Å². The minimum absolute atomic E-state index is 0.172. The van der Waals surface area contributed by atoms with Gasteiger partial charge in [-0.05, 0) is 66.5 Å². The molecule has 6 heteroatoms. The minimum Gasteiger partial charge on any atom is -0.353 e. The van der Waals surface area contributed by atoms with E-state index in [0.717, 1.165) is 54.4 Å². The van der Waals surface area contributed by atoms with Crippen LogP contribution in [0.4, 0.5) is 10.2 Å². The number of pyridine rings is 1. The first-order chi connectivity index (χ1) is 17.4. The molecule has 5 nitrogen and oxygen atoms in total. The van der Waals surface area contributed by atoms with Gasteiger partial charge in [-0.15, -0.1) is 0 Å². The number of benzene rings is 2. The van der Waals surface area contributed by atoms with Crippen molar-refractivity contribution in [2.75, 3.05) is 38.1 Å². The summed E-state index contributed by atoms with van der Waals surface area (Å²) >= 11 is 0. The molecule has 1 fully saturated rings. The number of halogens is 1. The van der Waals surface area contributed by atoms with Gasteiger partial charge in [0.05, 0.1) is 5.71 Å². The second-order valence-electron chi connectivity index (χ2n) is 8.68. The molecule has 2 aromatic carbocycles. The molecule has 0 spiro atoms. The van der Waals surface area contributed by atoms with Gasteiger partial charge in [0.2, 0.25) is 5.91 Å². The summed E-state index contributed by atoms with van der Waals surface area (Å²) in [6.07, 6.45) is 4.44. The van der Waals surface area contributed by atoms with Gasteiger partial charge in [-0.1, -0.05) is 49.4 Å². The zero-order valence-corrected chi connectivity index (χ0v) is 21.6. The van der Waals surface area contributed by atoms with Gasteiger partial charge >= 0.3 is 0 Å². The maximum Gasteiger partial charge on any atom is 0.222 e. The Morgan fingerprint density at radius 3 is 2.28 bits per heavy atom. The third kappa shape index (κ3) is 7.35. The van der Waals surface area contributed by atoms with E-state index in [1.54, 1.807) is 26.2 Å². The van der Waals surface area contributed by atoms with Crippen LogP contribution in [0.3, 0.4) is 0 Å². The number of aryl methyl sites for hydroxylation is 1. The summed E-state index contributed by atoms with van der Waals surface area (Å²) in [5.41, 5.74) is 4.74. The molecular weight excluding hydrogens is 451 g/mol. The first kappa shape index (κ1) is 26.8. The molecule has 0 bridgehead atoms. The van der Waals surface area contributed by atoms with Gasteiger partial charge in [-0.2, -0.15) is 0 Å². The highest BCUT2D eigenvalue weighted by Crippen LogP contribution is 2.19. The molecule has 1 aromatic heterocycles. The Labute approximate surface area is 214 Å². The second kappa shape index (κ2) is 13.3. The van der Waals surface area contributed by atoms with Crippen LogP contribution in [0.15, 0.2) is 84.0 Å². The molecule has 4 rings (SSSR count). The maximum absolute atomic E-state index is 13.3. The average Bonchev–Trinajstić information content (AvgIpc) is 2.94. The van der Waals surface area contributed by atoms with Gasteiger partial charge in [-0.3, -0.25) is 9.79 Å². The van der Waals surface area contributed by atoms with Gasteiger partial charge < -0.3 is 9.80 Å². The van der Waals surface area contributed by atoms with Crippen molar-refractivity contribution in [3.8, 4) is 0 Å². The van der Waals surface area contributed by atoms with Crippen molar-refractivity contribution < 1.29 is 9.18 Å². The molecule has 188 valence electrons. The van der Waals surface area contributed by atoms with Gasteiger partial charge in [0.1, 0.15) is 11.6 Å². The number of rotatable bonds is 5. The Bertz CT molecular complexity index is 1180. The molecule has 2 heterocycles. The quantitative estimate of drug-likeness (QED) is 0.429. The Morgan fingerprint density at radius 2 is 1.69 bits per heavy atom. The summed E-state index contributed by atoms with van der Waals surface area (Å²) in [6.45, 7) is 9.07. The molecule has 0 atom stereocenters.